The summed E-state index contributed by atoms with van der Waals surface area (Å²) >= 11 is 0. The van der Waals surface area contributed by atoms with E-state index in [0.717, 1.165) is 28.1 Å². The zero-order chi connectivity index (χ0) is 22.3. The lowest BCUT2D eigenvalue weighted by Crippen LogP contribution is -2.05. The van der Waals surface area contributed by atoms with E-state index in [1.165, 1.54) is 0 Å². The highest BCUT2D eigenvalue weighted by atomic mass is 31.2. The first-order chi connectivity index (χ1) is 15.0. The summed E-state index contributed by atoms with van der Waals surface area (Å²) in [6, 6.07) is 17.4. The summed E-state index contributed by atoms with van der Waals surface area (Å²) in [7, 11) is -1.65. The molecule has 0 aliphatic carbocycles. The van der Waals surface area contributed by atoms with E-state index in [9.17, 15) is 9.67 Å². The van der Waals surface area contributed by atoms with Gasteiger partial charge in [0.2, 0.25) is 0 Å². The molecular formula is C23H29N2O5P. The lowest BCUT2D eigenvalue weighted by molar-refractivity contribution is 0.219. The number of ether oxygens (including phenoxy) is 1. The third-order valence-electron chi connectivity index (χ3n) is 4.73. The number of rotatable bonds is 11. The average Bonchev–Trinajstić information content (AvgIpc) is 3.16. The van der Waals surface area contributed by atoms with Crippen LogP contribution in [0.15, 0.2) is 54.6 Å². The average molecular weight is 444 g/mol. The van der Waals surface area contributed by atoms with Crippen molar-refractivity contribution in [2.24, 2.45) is 0 Å². The summed E-state index contributed by atoms with van der Waals surface area (Å²) in [6.07, 6.45) is 0.0942. The number of aliphatic hydroxyl groups is 1. The van der Waals surface area contributed by atoms with Crippen LogP contribution in [0.25, 0.3) is 11.3 Å². The van der Waals surface area contributed by atoms with Gasteiger partial charge < -0.3 is 18.9 Å². The molecule has 0 atom stereocenters. The first kappa shape index (κ1) is 23.2. The van der Waals surface area contributed by atoms with Gasteiger partial charge in [-0.25, -0.2) is 0 Å². The normalized spacial score (nSPS) is 11.6. The molecule has 1 aromatic heterocycles. The van der Waals surface area contributed by atoms with Crippen molar-refractivity contribution in [3.8, 4) is 17.0 Å². The summed E-state index contributed by atoms with van der Waals surface area (Å²) in [5.74, 6) is 0.787. The predicted octanol–water partition coefficient (Wildman–Crippen LogP) is 4.87. The van der Waals surface area contributed by atoms with Gasteiger partial charge in [-0.3, -0.25) is 9.25 Å². The molecule has 31 heavy (non-hydrogen) atoms. The molecule has 0 bridgehead atoms. The molecule has 7 nitrogen and oxygen atoms in total. The molecule has 0 amide bonds. The maximum absolute atomic E-state index is 13.0. The van der Waals surface area contributed by atoms with E-state index >= 15 is 0 Å². The Kier molecular flexibility index (Phi) is 8.04. The van der Waals surface area contributed by atoms with Gasteiger partial charge in [-0.05, 0) is 49.2 Å². The van der Waals surface area contributed by atoms with Gasteiger partial charge in [-0.15, -0.1) is 0 Å². The van der Waals surface area contributed by atoms with Crippen molar-refractivity contribution in [2.75, 3.05) is 20.3 Å². The first-order valence-electron chi connectivity index (χ1n) is 10.3. The second-order valence-corrected chi connectivity index (χ2v) is 9.04. The fraction of sp³-hybridized carbons (Fsp3) is 0.348. The van der Waals surface area contributed by atoms with E-state index < -0.39 is 7.60 Å². The van der Waals surface area contributed by atoms with Crippen LogP contribution < -0.4 is 4.74 Å². The molecule has 8 heteroatoms. The molecule has 0 aliphatic rings. The molecule has 3 rings (SSSR count). The lowest BCUT2D eigenvalue weighted by Gasteiger charge is -2.15. The molecule has 0 saturated carbocycles. The number of hydrogen-bond donors (Lipinski definition) is 1. The molecule has 3 aromatic rings. The smallest absolute Gasteiger partial charge is 0.336 e. The Labute approximate surface area is 183 Å². The molecule has 1 heterocycles. The molecule has 0 aliphatic heterocycles. The molecule has 166 valence electrons. The Hall–Kier alpha value is -2.44. The molecule has 0 unspecified atom stereocenters. The van der Waals surface area contributed by atoms with Crippen molar-refractivity contribution >= 4 is 7.60 Å². The predicted molar refractivity (Wildman–Crippen MR) is 120 cm³/mol. The van der Waals surface area contributed by atoms with E-state index in [1.807, 2.05) is 59.3 Å². The Morgan fingerprint density at radius 2 is 1.71 bits per heavy atom. The number of nitrogens with zero attached hydrogens (tertiary/aromatic N) is 2. The summed E-state index contributed by atoms with van der Waals surface area (Å²) < 4.78 is 31.0. The van der Waals surface area contributed by atoms with Crippen molar-refractivity contribution in [1.29, 1.82) is 0 Å². The molecule has 0 spiro atoms. The van der Waals surface area contributed by atoms with Crippen molar-refractivity contribution in [2.45, 2.75) is 33.2 Å². The van der Waals surface area contributed by atoms with Crippen LogP contribution in [-0.4, -0.2) is 35.2 Å². The van der Waals surface area contributed by atoms with E-state index in [1.54, 1.807) is 21.0 Å². The van der Waals surface area contributed by atoms with E-state index in [0.29, 0.717) is 25.5 Å². The van der Waals surface area contributed by atoms with E-state index in [4.69, 9.17) is 18.9 Å². The van der Waals surface area contributed by atoms with Crippen LogP contribution in [0.3, 0.4) is 0 Å². The maximum Gasteiger partial charge on any atom is 0.336 e. The second kappa shape index (κ2) is 10.7. The third-order valence-corrected chi connectivity index (χ3v) is 6.75. The fourth-order valence-corrected chi connectivity index (χ4v) is 4.95. The Bertz CT molecular complexity index is 1020. The van der Waals surface area contributed by atoms with Gasteiger partial charge in [0.1, 0.15) is 5.75 Å². The number of benzene rings is 2. The topological polar surface area (TPSA) is 82.8 Å². The van der Waals surface area contributed by atoms with Crippen LogP contribution in [0, 0.1) is 0 Å². The number of hydrogen-bond acceptors (Lipinski definition) is 6. The van der Waals surface area contributed by atoms with E-state index in [-0.39, 0.29) is 12.8 Å². The first-order valence-corrected chi connectivity index (χ1v) is 12.0. The van der Waals surface area contributed by atoms with Crippen molar-refractivity contribution in [3.05, 3.63) is 71.4 Å². The third kappa shape index (κ3) is 6.05. The van der Waals surface area contributed by atoms with Crippen LogP contribution in [0.1, 0.15) is 30.7 Å². The highest BCUT2D eigenvalue weighted by Gasteiger charge is 2.26. The summed E-state index contributed by atoms with van der Waals surface area (Å²) in [4.78, 5) is 0. The summed E-state index contributed by atoms with van der Waals surface area (Å²) in [6.45, 7) is 4.66. The van der Waals surface area contributed by atoms with Crippen LogP contribution in [-0.2, 0) is 32.9 Å². The Morgan fingerprint density at radius 1 is 1.00 bits per heavy atom. The lowest BCUT2D eigenvalue weighted by atomic mass is 10.1. The number of methoxy groups -OCH3 is 1. The quantitative estimate of drug-likeness (QED) is 0.425. The summed E-state index contributed by atoms with van der Waals surface area (Å²) in [5.41, 5.74) is 4.27. The van der Waals surface area contributed by atoms with Gasteiger partial charge in [0.25, 0.3) is 0 Å². The van der Waals surface area contributed by atoms with Crippen LogP contribution in [0.5, 0.6) is 5.75 Å². The van der Waals surface area contributed by atoms with Gasteiger partial charge in [0.05, 0.1) is 51.0 Å². The number of aromatic nitrogens is 2. The summed E-state index contributed by atoms with van der Waals surface area (Å²) in [5, 5.41) is 14.3. The zero-order valence-corrected chi connectivity index (χ0v) is 19.0. The minimum atomic E-state index is -3.28. The molecular weight excluding hydrogens is 415 g/mol. The van der Waals surface area contributed by atoms with E-state index in [2.05, 4.69) is 0 Å². The zero-order valence-electron chi connectivity index (χ0n) is 18.2. The standard InChI is InChI=1S/C23H29N2O5P/c1-4-29-31(27,30-5-2)17-21-14-23(20-8-6-7-19(13-20)16-26)25(24-21)15-18-9-11-22(28-3)12-10-18/h6-14,26H,4-5,15-17H2,1-3H3. The van der Waals surface area contributed by atoms with Crippen molar-refractivity contribution < 1.29 is 23.5 Å². The minimum Gasteiger partial charge on any atom is -0.497 e. The van der Waals surface area contributed by atoms with Gasteiger partial charge >= 0.3 is 7.60 Å². The molecule has 2 aromatic carbocycles. The van der Waals surface area contributed by atoms with Gasteiger partial charge in [-0.2, -0.15) is 5.10 Å². The van der Waals surface area contributed by atoms with Gasteiger partial charge in [-0.1, -0.05) is 30.3 Å². The molecule has 1 N–H and O–H groups in total. The second-order valence-electron chi connectivity index (χ2n) is 6.99. The van der Waals surface area contributed by atoms with Crippen LogP contribution in [0.2, 0.25) is 0 Å². The maximum atomic E-state index is 13.0. The Morgan fingerprint density at radius 3 is 2.32 bits per heavy atom. The SMILES string of the molecule is CCOP(=O)(Cc1cc(-c2cccc(CO)c2)n(Cc2ccc(OC)cc2)n1)OCC. The molecule has 0 saturated heterocycles. The van der Waals surface area contributed by atoms with Gasteiger partial charge in [0.15, 0.2) is 0 Å². The van der Waals surface area contributed by atoms with Crippen molar-refractivity contribution in [1.82, 2.24) is 9.78 Å². The van der Waals surface area contributed by atoms with Crippen LogP contribution in [0.4, 0.5) is 0 Å². The fourth-order valence-electron chi connectivity index (χ4n) is 3.35. The highest BCUT2D eigenvalue weighted by Crippen LogP contribution is 2.51. The Balaban J connectivity index is 1.98. The van der Waals surface area contributed by atoms with Crippen molar-refractivity contribution in [3.63, 3.8) is 0 Å². The van der Waals surface area contributed by atoms with Gasteiger partial charge in [0, 0.05) is 5.56 Å². The number of aliphatic hydroxyl groups excluding tert-OH is 1. The molecule has 0 fully saturated rings. The largest absolute Gasteiger partial charge is 0.497 e. The highest BCUT2D eigenvalue weighted by molar-refractivity contribution is 7.53. The minimum absolute atomic E-state index is 0.0444. The molecule has 0 radical (unpaired) electrons. The van der Waals surface area contributed by atoms with Crippen LogP contribution >= 0.6 is 7.60 Å². The monoisotopic (exact) mass is 444 g/mol.